The summed E-state index contributed by atoms with van der Waals surface area (Å²) in [5, 5.41) is 3.15. The quantitative estimate of drug-likeness (QED) is 0.873. The van der Waals surface area contributed by atoms with Crippen LogP contribution in [-0.2, 0) is 4.74 Å². The van der Waals surface area contributed by atoms with E-state index in [9.17, 15) is 4.79 Å². The number of ether oxygens (including phenoxy) is 1. The number of carbonyl (C=O) groups excluding carboxylic acids is 1. The summed E-state index contributed by atoms with van der Waals surface area (Å²) < 4.78 is 5.34. The van der Waals surface area contributed by atoms with Crippen LogP contribution in [0.5, 0.6) is 0 Å². The number of hydrogen-bond donors (Lipinski definition) is 2. The third-order valence-electron chi connectivity index (χ3n) is 4.57. The molecule has 0 aromatic carbocycles. The molecule has 0 unspecified atom stereocenters. The summed E-state index contributed by atoms with van der Waals surface area (Å²) in [4.78, 5) is 24.3. The molecule has 0 bridgehead atoms. The van der Waals surface area contributed by atoms with Crippen LogP contribution in [0.4, 0.5) is 4.79 Å². The van der Waals surface area contributed by atoms with Crippen molar-refractivity contribution >= 4 is 6.03 Å². The van der Waals surface area contributed by atoms with Crippen LogP contribution < -0.4 is 5.32 Å². The lowest BCUT2D eigenvalue weighted by molar-refractivity contribution is 0.0691. The van der Waals surface area contributed by atoms with Crippen molar-refractivity contribution in [2.45, 2.75) is 31.8 Å². The van der Waals surface area contributed by atoms with E-state index in [4.69, 9.17) is 4.74 Å². The molecular formula is C15H25N5O2. The van der Waals surface area contributed by atoms with Gasteiger partial charge in [0.25, 0.3) is 0 Å². The van der Waals surface area contributed by atoms with Crippen molar-refractivity contribution in [1.29, 1.82) is 0 Å². The van der Waals surface area contributed by atoms with Crippen molar-refractivity contribution in [1.82, 2.24) is 25.1 Å². The highest BCUT2D eigenvalue weighted by molar-refractivity contribution is 5.74. The minimum absolute atomic E-state index is 0.0409. The molecule has 22 heavy (non-hydrogen) atoms. The van der Waals surface area contributed by atoms with E-state index in [0.29, 0.717) is 6.54 Å². The SMILES string of the molecule is CCN1CCN(C(=O)NC2CCOCC2)C[C@@H]1c1ncc[nH]1. The first kappa shape index (κ1) is 15.3. The number of piperazine rings is 1. The molecule has 2 aliphatic heterocycles. The number of nitrogens with zero attached hydrogens (tertiary/aromatic N) is 3. The second-order valence-corrected chi connectivity index (χ2v) is 5.90. The van der Waals surface area contributed by atoms with Crippen molar-refractivity contribution in [2.24, 2.45) is 0 Å². The van der Waals surface area contributed by atoms with Gasteiger partial charge in [-0.05, 0) is 19.4 Å². The first-order valence-electron chi connectivity index (χ1n) is 8.14. The molecule has 2 fully saturated rings. The lowest BCUT2D eigenvalue weighted by Crippen LogP contribution is -2.55. The molecule has 1 atom stereocenters. The highest BCUT2D eigenvalue weighted by Crippen LogP contribution is 2.22. The summed E-state index contributed by atoms with van der Waals surface area (Å²) in [5.41, 5.74) is 0. The minimum Gasteiger partial charge on any atom is -0.381 e. The van der Waals surface area contributed by atoms with Gasteiger partial charge in [0, 0.05) is 51.3 Å². The first-order valence-corrected chi connectivity index (χ1v) is 8.14. The van der Waals surface area contributed by atoms with Crippen LogP contribution in [0.2, 0.25) is 0 Å². The Hall–Kier alpha value is -1.60. The number of aromatic nitrogens is 2. The fourth-order valence-electron chi connectivity index (χ4n) is 3.21. The van der Waals surface area contributed by atoms with E-state index in [-0.39, 0.29) is 18.1 Å². The number of urea groups is 1. The molecule has 2 amide bonds. The summed E-state index contributed by atoms with van der Waals surface area (Å²) in [6.45, 7) is 6.90. The summed E-state index contributed by atoms with van der Waals surface area (Å²) in [7, 11) is 0. The molecule has 0 radical (unpaired) electrons. The number of aromatic amines is 1. The van der Waals surface area contributed by atoms with Gasteiger partial charge in [-0.1, -0.05) is 6.92 Å². The number of likely N-dealkylation sites (N-methyl/N-ethyl adjacent to an activating group) is 1. The van der Waals surface area contributed by atoms with Crippen LogP contribution in [0.3, 0.4) is 0 Å². The summed E-state index contributed by atoms with van der Waals surface area (Å²) >= 11 is 0. The molecule has 3 rings (SSSR count). The molecule has 3 heterocycles. The number of carbonyl (C=O) groups is 1. The van der Waals surface area contributed by atoms with Crippen molar-refractivity contribution < 1.29 is 9.53 Å². The normalized spacial score (nSPS) is 24.4. The number of imidazole rings is 1. The van der Waals surface area contributed by atoms with Gasteiger partial charge in [-0.15, -0.1) is 0 Å². The van der Waals surface area contributed by atoms with Crippen molar-refractivity contribution in [2.75, 3.05) is 39.4 Å². The number of rotatable bonds is 3. The van der Waals surface area contributed by atoms with E-state index in [0.717, 1.165) is 51.5 Å². The first-order chi connectivity index (χ1) is 10.8. The van der Waals surface area contributed by atoms with Gasteiger partial charge >= 0.3 is 6.03 Å². The Morgan fingerprint density at radius 2 is 2.27 bits per heavy atom. The van der Waals surface area contributed by atoms with E-state index in [1.165, 1.54) is 0 Å². The van der Waals surface area contributed by atoms with Crippen LogP contribution in [0, 0.1) is 0 Å². The van der Waals surface area contributed by atoms with Gasteiger partial charge in [-0.3, -0.25) is 4.90 Å². The zero-order valence-corrected chi connectivity index (χ0v) is 13.1. The molecule has 0 aliphatic carbocycles. The number of hydrogen-bond acceptors (Lipinski definition) is 4. The zero-order chi connectivity index (χ0) is 15.4. The van der Waals surface area contributed by atoms with E-state index >= 15 is 0 Å². The van der Waals surface area contributed by atoms with Crippen molar-refractivity contribution in [3.05, 3.63) is 18.2 Å². The fourth-order valence-corrected chi connectivity index (χ4v) is 3.21. The van der Waals surface area contributed by atoms with Gasteiger partial charge in [0.05, 0.1) is 6.04 Å². The highest BCUT2D eigenvalue weighted by atomic mass is 16.5. The van der Waals surface area contributed by atoms with Gasteiger partial charge in [0.2, 0.25) is 0 Å². The molecule has 2 aliphatic rings. The number of H-pyrrole nitrogens is 1. The molecule has 7 nitrogen and oxygen atoms in total. The van der Waals surface area contributed by atoms with E-state index in [1.807, 2.05) is 11.1 Å². The Labute approximate surface area is 131 Å². The minimum atomic E-state index is 0.0409. The predicted molar refractivity (Wildman–Crippen MR) is 82.5 cm³/mol. The smallest absolute Gasteiger partial charge is 0.317 e. The third-order valence-corrected chi connectivity index (χ3v) is 4.57. The van der Waals surface area contributed by atoms with E-state index < -0.39 is 0 Å². The van der Waals surface area contributed by atoms with E-state index in [2.05, 4.69) is 27.1 Å². The molecule has 0 saturated carbocycles. The maximum atomic E-state index is 12.5. The van der Waals surface area contributed by atoms with Crippen LogP contribution in [-0.4, -0.2) is 71.2 Å². The second-order valence-electron chi connectivity index (χ2n) is 5.90. The Balaban J connectivity index is 1.61. The van der Waals surface area contributed by atoms with Crippen LogP contribution in [0.1, 0.15) is 31.6 Å². The van der Waals surface area contributed by atoms with E-state index in [1.54, 1.807) is 6.20 Å². The van der Waals surface area contributed by atoms with Gasteiger partial charge < -0.3 is 19.9 Å². The highest BCUT2D eigenvalue weighted by Gasteiger charge is 2.32. The molecular weight excluding hydrogens is 282 g/mol. The maximum absolute atomic E-state index is 12.5. The van der Waals surface area contributed by atoms with Gasteiger partial charge in [0.15, 0.2) is 0 Å². The van der Waals surface area contributed by atoms with Gasteiger partial charge in [-0.2, -0.15) is 0 Å². The summed E-state index contributed by atoms with van der Waals surface area (Å²) in [5.74, 6) is 0.936. The maximum Gasteiger partial charge on any atom is 0.317 e. The fraction of sp³-hybridized carbons (Fsp3) is 0.733. The third kappa shape index (κ3) is 3.41. The standard InChI is InChI=1S/C15H25N5O2/c1-2-19-7-8-20(11-13(19)14-16-5-6-17-14)15(21)18-12-3-9-22-10-4-12/h5-6,12-13H,2-4,7-11H2,1H3,(H,16,17)(H,18,21)/t13-/m1/s1. The average Bonchev–Trinajstić information content (AvgIpc) is 3.09. The van der Waals surface area contributed by atoms with Crippen molar-refractivity contribution in [3.8, 4) is 0 Å². The van der Waals surface area contributed by atoms with Gasteiger partial charge in [-0.25, -0.2) is 9.78 Å². The molecule has 0 spiro atoms. The van der Waals surface area contributed by atoms with Crippen LogP contribution in [0.15, 0.2) is 12.4 Å². The Bertz CT molecular complexity index is 472. The molecule has 1 aromatic rings. The Kier molecular flexibility index (Phi) is 4.94. The van der Waals surface area contributed by atoms with Crippen molar-refractivity contribution in [3.63, 3.8) is 0 Å². The average molecular weight is 307 g/mol. The zero-order valence-electron chi connectivity index (χ0n) is 13.1. The lowest BCUT2D eigenvalue weighted by Gasteiger charge is -2.40. The Morgan fingerprint density at radius 3 is 2.95 bits per heavy atom. The molecule has 2 N–H and O–H groups in total. The topological polar surface area (TPSA) is 73.5 Å². The summed E-state index contributed by atoms with van der Waals surface area (Å²) in [6, 6.07) is 0.431. The molecule has 2 saturated heterocycles. The molecule has 1 aromatic heterocycles. The Morgan fingerprint density at radius 1 is 1.45 bits per heavy atom. The van der Waals surface area contributed by atoms with Crippen LogP contribution in [0.25, 0.3) is 0 Å². The number of nitrogens with one attached hydrogen (secondary N) is 2. The molecule has 7 heteroatoms. The monoisotopic (exact) mass is 307 g/mol. The largest absolute Gasteiger partial charge is 0.381 e. The lowest BCUT2D eigenvalue weighted by atomic mass is 10.1. The number of amides is 2. The second kappa shape index (κ2) is 7.11. The van der Waals surface area contributed by atoms with Gasteiger partial charge in [0.1, 0.15) is 5.82 Å². The molecule has 122 valence electrons. The summed E-state index contributed by atoms with van der Waals surface area (Å²) in [6.07, 6.45) is 5.42. The van der Waals surface area contributed by atoms with Crippen LogP contribution >= 0.6 is 0 Å². The predicted octanol–water partition coefficient (Wildman–Crippen LogP) is 0.977.